The van der Waals surface area contributed by atoms with Gasteiger partial charge in [-0.2, -0.15) is 0 Å². The van der Waals surface area contributed by atoms with Crippen LogP contribution in [0, 0.1) is 0 Å². The molecule has 0 aliphatic carbocycles. The Labute approximate surface area is 106 Å². The first kappa shape index (κ1) is 12.3. The third-order valence-electron chi connectivity index (χ3n) is 3.31. The van der Waals surface area contributed by atoms with E-state index in [1.807, 2.05) is 0 Å². The van der Waals surface area contributed by atoms with Crippen molar-refractivity contribution in [1.82, 2.24) is 14.5 Å². The standard InChI is InChI=1S/C11H13N3O5/c15-3-6-7(16)8(17)11(19-6)14-2-1-5-9(14)12-4-13-10(5)18/h1-2,4,6-8,11,15-17H,3H2,(H,12,13,18)/t6-,7+,8-,11-/m0/s1. The van der Waals surface area contributed by atoms with E-state index in [2.05, 4.69) is 9.97 Å². The summed E-state index contributed by atoms with van der Waals surface area (Å²) < 4.78 is 6.85. The van der Waals surface area contributed by atoms with Gasteiger partial charge in [0.2, 0.25) is 0 Å². The number of aromatic nitrogens is 3. The number of nitrogens with zero attached hydrogens (tertiary/aromatic N) is 2. The Hall–Kier alpha value is -1.74. The van der Waals surface area contributed by atoms with Crippen molar-refractivity contribution in [3.8, 4) is 0 Å². The highest BCUT2D eigenvalue weighted by Gasteiger charge is 2.43. The van der Waals surface area contributed by atoms with E-state index >= 15 is 0 Å². The smallest absolute Gasteiger partial charge is 0.260 e. The first-order valence-corrected chi connectivity index (χ1v) is 5.80. The lowest BCUT2D eigenvalue weighted by molar-refractivity contribution is -0.0508. The molecule has 0 amide bonds. The van der Waals surface area contributed by atoms with Gasteiger partial charge in [-0.25, -0.2) is 4.98 Å². The number of hydrogen-bond acceptors (Lipinski definition) is 6. The topological polar surface area (TPSA) is 121 Å². The highest BCUT2D eigenvalue weighted by molar-refractivity contribution is 5.74. The normalized spacial score (nSPS) is 31.1. The van der Waals surface area contributed by atoms with Crippen LogP contribution in [-0.2, 0) is 4.74 Å². The molecule has 0 radical (unpaired) electrons. The molecule has 0 bridgehead atoms. The van der Waals surface area contributed by atoms with Crippen LogP contribution in [0.2, 0.25) is 0 Å². The van der Waals surface area contributed by atoms with Crippen LogP contribution in [0.25, 0.3) is 11.0 Å². The Morgan fingerprint density at radius 2 is 2.21 bits per heavy atom. The third-order valence-corrected chi connectivity index (χ3v) is 3.31. The summed E-state index contributed by atoms with van der Waals surface area (Å²) in [5.74, 6) is 0. The molecule has 2 aromatic rings. The number of H-pyrrole nitrogens is 1. The lowest BCUT2D eigenvalue weighted by atomic mass is 10.1. The number of rotatable bonds is 2. The van der Waals surface area contributed by atoms with E-state index in [4.69, 9.17) is 9.84 Å². The van der Waals surface area contributed by atoms with Gasteiger partial charge in [-0.1, -0.05) is 0 Å². The van der Waals surface area contributed by atoms with E-state index in [-0.39, 0.29) is 5.56 Å². The molecule has 1 aliphatic heterocycles. The summed E-state index contributed by atoms with van der Waals surface area (Å²) in [6, 6.07) is 1.55. The van der Waals surface area contributed by atoms with Crippen molar-refractivity contribution in [1.29, 1.82) is 0 Å². The van der Waals surface area contributed by atoms with Crippen molar-refractivity contribution in [2.45, 2.75) is 24.5 Å². The summed E-state index contributed by atoms with van der Waals surface area (Å²) in [5.41, 5.74) is 0.0501. The fraction of sp³-hybridized carbons (Fsp3) is 0.455. The second-order valence-corrected chi connectivity index (χ2v) is 4.42. The molecule has 3 heterocycles. The summed E-state index contributed by atoms with van der Waals surface area (Å²) in [4.78, 5) is 18.0. The van der Waals surface area contributed by atoms with Gasteiger partial charge in [0.25, 0.3) is 5.56 Å². The Morgan fingerprint density at radius 1 is 1.42 bits per heavy atom. The predicted molar refractivity (Wildman–Crippen MR) is 63.4 cm³/mol. The van der Waals surface area contributed by atoms with Crippen LogP contribution >= 0.6 is 0 Å². The molecule has 8 nitrogen and oxygen atoms in total. The van der Waals surface area contributed by atoms with Crippen LogP contribution in [0.5, 0.6) is 0 Å². The van der Waals surface area contributed by atoms with Gasteiger partial charge in [-0.05, 0) is 6.07 Å². The van der Waals surface area contributed by atoms with Crippen molar-refractivity contribution >= 4 is 11.0 Å². The fourth-order valence-electron chi connectivity index (χ4n) is 2.30. The molecule has 0 unspecified atom stereocenters. The van der Waals surface area contributed by atoms with E-state index in [0.29, 0.717) is 11.0 Å². The number of aliphatic hydroxyl groups is 3. The molecule has 1 aliphatic rings. The minimum atomic E-state index is -1.20. The summed E-state index contributed by atoms with van der Waals surface area (Å²) in [6.45, 7) is -0.401. The van der Waals surface area contributed by atoms with Gasteiger partial charge >= 0.3 is 0 Å². The Kier molecular flexibility index (Phi) is 2.86. The first-order valence-electron chi connectivity index (χ1n) is 5.80. The minimum absolute atomic E-state index is 0.296. The molecule has 1 fully saturated rings. The average Bonchev–Trinajstić information content (AvgIpc) is 2.94. The molecule has 4 N–H and O–H groups in total. The number of nitrogens with one attached hydrogen (secondary N) is 1. The molecule has 2 aromatic heterocycles. The SMILES string of the molecule is O=c1[nH]cnc2c1ccn2[C@H]1O[C@@H](CO)[C@@H](O)[C@@H]1O. The second kappa shape index (κ2) is 4.42. The van der Waals surface area contributed by atoms with E-state index in [0.717, 1.165) is 0 Å². The van der Waals surface area contributed by atoms with Crippen LogP contribution in [0.3, 0.4) is 0 Å². The monoisotopic (exact) mass is 267 g/mol. The van der Waals surface area contributed by atoms with Crippen molar-refractivity contribution in [3.63, 3.8) is 0 Å². The zero-order valence-corrected chi connectivity index (χ0v) is 9.80. The average molecular weight is 267 g/mol. The van der Waals surface area contributed by atoms with Crippen molar-refractivity contribution < 1.29 is 20.1 Å². The van der Waals surface area contributed by atoms with E-state index in [1.54, 1.807) is 12.3 Å². The van der Waals surface area contributed by atoms with Crippen molar-refractivity contribution in [3.05, 3.63) is 28.9 Å². The number of aromatic amines is 1. The van der Waals surface area contributed by atoms with Gasteiger partial charge in [-0.15, -0.1) is 0 Å². The zero-order chi connectivity index (χ0) is 13.6. The van der Waals surface area contributed by atoms with Gasteiger partial charge in [0.1, 0.15) is 24.0 Å². The quantitative estimate of drug-likeness (QED) is 0.516. The molecule has 3 rings (SSSR count). The van der Waals surface area contributed by atoms with Crippen LogP contribution < -0.4 is 5.56 Å². The highest BCUT2D eigenvalue weighted by atomic mass is 16.6. The van der Waals surface area contributed by atoms with Gasteiger partial charge < -0.3 is 29.6 Å². The molecule has 1 saturated heterocycles. The van der Waals surface area contributed by atoms with Crippen LogP contribution in [0.15, 0.2) is 23.4 Å². The molecular formula is C11H13N3O5. The van der Waals surface area contributed by atoms with Crippen LogP contribution in [-0.4, -0.2) is 54.8 Å². The van der Waals surface area contributed by atoms with E-state index in [9.17, 15) is 15.0 Å². The molecule has 19 heavy (non-hydrogen) atoms. The second-order valence-electron chi connectivity index (χ2n) is 4.42. The van der Waals surface area contributed by atoms with Gasteiger partial charge in [0, 0.05) is 6.20 Å². The zero-order valence-electron chi connectivity index (χ0n) is 9.80. The molecule has 0 aromatic carbocycles. The summed E-state index contributed by atoms with van der Waals surface area (Å²) in [7, 11) is 0. The van der Waals surface area contributed by atoms with E-state index in [1.165, 1.54) is 10.9 Å². The molecule has 0 spiro atoms. The number of fused-ring (bicyclic) bond motifs is 1. The number of hydrogen-bond donors (Lipinski definition) is 4. The summed E-state index contributed by atoms with van der Waals surface area (Å²) >= 11 is 0. The minimum Gasteiger partial charge on any atom is -0.394 e. The Morgan fingerprint density at radius 3 is 2.89 bits per heavy atom. The first-order chi connectivity index (χ1) is 9.13. The Balaban J connectivity index is 2.06. The van der Waals surface area contributed by atoms with E-state index < -0.39 is 31.1 Å². The maximum Gasteiger partial charge on any atom is 0.260 e. The largest absolute Gasteiger partial charge is 0.394 e. The summed E-state index contributed by atoms with van der Waals surface area (Å²) in [6.07, 6.45) is -1.34. The molecule has 102 valence electrons. The van der Waals surface area contributed by atoms with Gasteiger partial charge in [0.15, 0.2) is 6.23 Å². The van der Waals surface area contributed by atoms with Gasteiger partial charge in [-0.3, -0.25) is 4.79 Å². The third kappa shape index (κ3) is 1.77. The van der Waals surface area contributed by atoms with Crippen molar-refractivity contribution in [2.24, 2.45) is 0 Å². The highest BCUT2D eigenvalue weighted by Crippen LogP contribution is 2.31. The lowest BCUT2D eigenvalue weighted by Crippen LogP contribution is -2.33. The summed E-state index contributed by atoms with van der Waals surface area (Å²) in [5, 5.41) is 29.1. The molecule has 4 atom stereocenters. The predicted octanol–water partition coefficient (Wildman–Crippen LogP) is -1.66. The maximum atomic E-state index is 11.6. The van der Waals surface area contributed by atoms with Crippen LogP contribution in [0.1, 0.15) is 6.23 Å². The lowest BCUT2D eigenvalue weighted by Gasteiger charge is -2.17. The Bertz CT molecular complexity index is 651. The molecular weight excluding hydrogens is 254 g/mol. The molecule has 0 saturated carbocycles. The van der Waals surface area contributed by atoms with Gasteiger partial charge in [0.05, 0.1) is 18.3 Å². The number of ether oxygens (including phenoxy) is 1. The number of aliphatic hydroxyl groups excluding tert-OH is 3. The fourth-order valence-corrected chi connectivity index (χ4v) is 2.30. The molecule has 8 heteroatoms. The van der Waals surface area contributed by atoms with Crippen LogP contribution in [0.4, 0.5) is 0 Å². The van der Waals surface area contributed by atoms with Crippen molar-refractivity contribution in [2.75, 3.05) is 6.61 Å². The maximum absolute atomic E-state index is 11.6.